The number of nitrogens with zero attached hydrogens (tertiary/aromatic N) is 2. The number of nitrogens with one attached hydrogen (secondary N) is 1. The van der Waals surface area contributed by atoms with Crippen LogP contribution in [0.4, 0.5) is 0 Å². The molecule has 9 heteroatoms. The van der Waals surface area contributed by atoms with E-state index in [1.807, 2.05) is 101 Å². The van der Waals surface area contributed by atoms with Crippen molar-refractivity contribution in [3.63, 3.8) is 0 Å². The van der Waals surface area contributed by atoms with Crippen LogP contribution in [0.5, 0.6) is 0 Å². The van der Waals surface area contributed by atoms with Gasteiger partial charge in [0, 0.05) is 24.3 Å². The minimum absolute atomic E-state index is 0. The quantitative estimate of drug-likeness (QED) is 0.0438. The molecule has 7 nitrogen and oxygen atoms in total. The molecule has 4 rings (SSSR count). The SMILES string of the molecule is CCCCCCCCCCCCCCOC(=O)C1=C(C[n+]2ccccc2)NC(C[n+]2ccccc2)=C(C(=O)OCCCCCCCCCCCCCC)C1c1ccccc1.[Br-].[Br-]. The Morgan fingerprint density at radius 1 is 0.452 bits per heavy atom. The normalized spacial score (nSPS) is 12.7. The molecule has 0 saturated carbocycles. The Hall–Kier alpha value is -3.30. The number of unbranched alkanes of at least 4 members (excludes halogenated alkanes) is 22. The first-order chi connectivity index (χ1) is 29.6. The van der Waals surface area contributed by atoms with Crippen molar-refractivity contribution in [2.24, 2.45) is 0 Å². The van der Waals surface area contributed by atoms with Gasteiger partial charge in [0.15, 0.2) is 37.9 Å². The summed E-state index contributed by atoms with van der Waals surface area (Å²) in [5, 5.41) is 3.63. The lowest BCUT2D eigenvalue weighted by molar-refractivity contribution is -0.692. The second-order valence-electron chi connectivity index (χ2n) is 16.9. The summed E-state index contributed by atoms with van der Waals surface area (Å²) in [6, 6.07) is 21.8. The summed E-state index contributed by atoms with van der Waals surface area (Å²) in [5.74, 6) is -1.43. The molecular formula is C53H79Br2N3O4. The summed E-state index contributed by atoms with van der Waals surface area (Å²) in [4.78, 5) is 29.0. The van der Waals surface area contributed by atoms with Gasteiger partial charge in [-0.3, -0.25) is 0 Å². The van der Waals surface area contributed by atoms with Crippen LogP contribution in [0.1, 0.15) is 179 Å². The molecule has 1 aromatic carbocycles. The lowest BCUT2D eigenvalue weighted by atomic mass is 9.80. The van der Waals surface area contributed by atoms with Gasteiger partial charge in [-0.2, -0.15) is 9.13 Å². The van der Waals surface area contributed by atoms with Crippen LogP contribution in [0, 0.1) is 0 Å². The third-order valence-electron chi connectivity index (χ3n) is 11.8. The highest BCUT2D eigenvalue weighted by molar-refractivity contribution is 6.00. The standard InChI is InChI=1S/C53H78N3O4.2BrH/c1-3-5-7-9-11-13-15-17-19-21-23-34-42-59-52(57)50-47(44-55-38-30-26-31-39-55)54-48(45-56-40-32-27-33-41-56)51(49(50)46-36-28-25-29-37-46)53(58)60-43-35-24-22-20-18-16-14-12-10-8-6-4-2;;/h25-33,36-41,49H,3-24,34-35,42-45H2,1-2H3;2*1H/q+1;;/p-1. The maximum Gasteiger partial charge on any atom is 0.337 e. The fraction of sp³-hybridized carbons (Fsp3) is 0.585. The third kappa shape index (κ3) is 21.4. The minimum Gasteiger partial charge on any atom is -1.00 e. The highest BCUT2D eigenvalue weighted by Gasteiger charge is 2.41. The van der Waals surface area contributed by atoms with Crippen LogP contribution >= 0.6 is 0 Å². The first-order valence-electron chi connectivity index (χ1n) is 24.1. The molecule has 1 N–H and O–H groups in total. The van der Waals surface area contributed by atoms with Crippen molar-refractivity contribution in [2.45, 2.75) is 187 Å². The molecule has 0 bridgehead atoms. The van der Waals surface area contributed by atoms with Gasteiger partial charge in [-0.25, -0.2) is 9.59 Å². The van der Waals surface area contributed by atoms with Crippen LogP contribution in [0.2, 0.25) is 0 Å². The summed E-state index contributed by atoms with van der Waals surface area (Å²) >= 11 is 0. The first kappa shape index (κ1) is 54.8. The van der Waals surface area contributed by atoms with Crippen molar-refractivity contribution in [3.8, 4) is 0 Å². The van der Waals surface area contributed by atoms with E-state index in [-0.39, 0.29) is 45.9 Å². The molecule has 3 aromatic rings. The van der Waals surface area contributed by atoms with Crippen molar-refractivity contribution in [3.05, 3.63) is 120 Å². The van der Waals surface area contributed by atoms with Gasteiger partial charge in [0.2, 0.25) is 0 Å². The average Bonchev–Trinajstić information content (AvgIpc) is 3.27. The summed E-state index contributed by atoms with van der Waals surface area (Å²) in [5.41, 5.74) is 3.25. The van der Waals surface area contributed by atoms with Gasteiger partial charge in [0.05, 0.1) is 41.7 Å². The molecule has 0 saturated heterocycles. The van der Waals surface area contributed by atoms with Crippen molar-refractivity contribution >= 4 is 11.9 Å². The predicted molar refractivity (Wildman–Crippen MR) is 244 cm³/mol. The molecule has 0 radical (unpaired) electrons. The molecule has 0 atom stereocenters. The smallest absolute Gasteiger partial charge is 0.337 e. The Balaban J connectivity index is 0.00000661. The van der Waals surface area contributed by atoms with Crippen molar-refractivity contribution < 1.29 is 62.2 Å². The van der Waals surface area contributed by atoms with Gasteiger partial charge in [-0.15, -0.1) is 0 Å². The van der Waals surface area contributed by atoms with Crippen LogP contribution in [0.15, 0.2) is 114 Å². The third-order valence-corrected chi connectivity index (χ3v) is 11.8. The first-order valence-corrected chi connectivity index (χ1v) is 24.1. The Morgan fingerprint density at radius 2 is 0.758 bits per heavy atom. The highest BCUT2D eigenvalue weighted by atomic mass is 79.9. The molecule has 62 heavy (non-hydrogen) atoms. The lowest BCUT2D eigenvalue weighted by Gasteiger charge is -2.31. The van der Waals surface area contributed by atoms with Gasteiger partial charge < -0.3 is 48.8 Å². The van der Waals surface area contributed by atoms with Gasteiger partial charge in [-0.05, 0) is 18.4 Å². The lowest BCUT2D eigenvalue weighted by Crippen LogP contribution is -3.00. The predicted octanol–water partition coefficient (Wildman–Crippen LogP) is 6.35. The molecule has 3 heterocycles. The van der Waals surface area contributed by atoms with E-state index in [4.69, 9.17) is 9.47 Å². The topological polar surface area (TPSA) is 72.4 Å². The second kappa shape index (κ2) is 35.1. The number of esters is 2. The van der Waals surface area contributed by atoms with Crippen LogP contribution < -0.4 is 48.4 Å². The van der Waals surface area contributed by atoms with E-state index in [2.05, 4.69) is 19.2 Å². The Morgan fingerprint density at radius 3 is 1.10 bits per heavy atom. The number of carbonyl (C=O) groups excluding carboxylic acids is 2. The van der Waals surface area contributed by atoms with Crippen LogP contribution in [-0.4, -0.2) is 25.2 Å². The number of hydrogen-bond acceptors (Lipinski definition) is 5. The molecule has 0 spiro atoms. The van der Waals surface area contributed by atoms with Gasteiger partial charge >= 0.3 is 11.9 Å². The molecule has 0 aliphatic carbocycles. The van der Waals surface area contributed by atoms with Crippen molar-refractivity contribution in [1.82, 2.24) is 5.32 Å². The minimum atomic E-state index is -0.657. The summed E-state index contributed by atoms with van der Waals surface area (Å²) in [6.45, 7) is 6.06. The van der Waals surface area contributed by atoms with Gasteiger partial charge in [0.25, 0.3) is 0 Å². The van der Waals surface area contributed by atoms with E-state index in [9.17, 15) is 9.59 Å². The Kier molecular flexibility index (Phi) is 31.0. The molecule has 2 aromatic heterocycles. The zero-order chi connectivity index (χ0) is 42.3. The highest BCUT2D eigenvalue weighted by Crippen LogP contribution is 2.40. The number of allylic oxidation sites excluding steroid dienone is 2. The fourth-order valence-electron chi connectivity index (χ4n) is 8.34. The van der Waals surface area contributed by atoms with E-state index in [0.29, 0.717) is 37.4 Å². The number of hydrogen-bond donors (Lipinski definition) is 1. The molecule has 0 fully saturated rings. The molecule has 1 aliphatic rings. The van der Waals surface area contributed by atoms with Crippen molar-refractivity contribution in [1.29, 1.82) is 0 Å². The van der Waals surface area contributed by atoms with Crippen molar-refractivity contribution in [2.75, 3.05) is 13.2 Å². The Labute approximate surface area is 397 Å². The number of benzene rings is 1. The zero-order valence-electron chi connectivity index (χ0n) is 38.3. The average molecular weight is 982 g/mol. The van der Waals surface area contributed by atoms with E-state index in [0.717, 1.165) is 55.5 Å². The molecule has 1 aliphatic heterocycles. The van der Waals surface area contributed by atoms with Crippen LogP contribution in [0.3, 0.4) is 0 Å². The number of ether oxygens (including phenoxy) is 2. The molecular weight excluding hydrogens is 902 g/mol. The van der Waals surface area contributed by atoms with Crippen LogP contribution in [0.25, 0.3) is 0 Å². The molecule has 344 valence electrons. The maximum atomic E-state index is 14.5. The van der Waals surface area contributed by atoms with E-state index in [1.165, 1.54) is 116 Å². The Bertz CT molecular complexity index is 1570. The fourth-order valence-corrected chi connectivity index (χ4v) is 8.34. The molecule has 0 amide bonds. The second-order valence-corrected chi connectivity index (χ2v) is 16.9. The van der Waals surface area contributed by atoms with E-state index < -0.39 is 5.92 Å². The van der Waals surface area contributed by atoms with E-state index >= 15 is 0 Å². The maximum absolute atomic E-state index is 14.5. The zero-order valence-corrected chi connectivity index (χ0v) is 41.5. The monoisotopic (exact) mass is 979 g/mol. The largest absolute Gasteiger partial charge is 1.00 e. The van der Waals surface area contributed by atoms with Gasteiger partial charge in [0.1, 0.15) is 0 Å². The summed E-state index contributed by atoms with van der Waals surface area (Å²) in [7, 11) is 0. The number of pyridine rings is 2. The summed E-state index contributed by atoms with van der Waals surface area (Å²) < 4.78 is 16.4. The summed E-state index contributed by atoms with van der Waals surface area (Å²) in [6.07, 6.45) is 37.8. The number of halogens is 2. The number of aromatic nitrogens is 2. The van der Waals surface area contributed by atoms with Crippen LogP contribution in [-0.2, 0) is 32.2 Å². The molecule has 0 unspecified atom stereocenters. The van der Waals surface area contributed by atoms with E-state index in [1.54, 1.807) is 0 Å². The number of carbonyl (C=O) groups is 2. The van der Waals surface area contributed by atoms with Gasteiger partial charge in [-0.1, -0.05) is 198 Å². The number of dihydropyridines is 1. The number of rotatable bonds is 33.